The van der Waals surface area contributed by atoms with Crippen molar-refractivity contribution in [3.8, 4) is 5.75 Å². The van der Waals surface area contributed by atoms with Crippen LogP contribution in [0.25, 0.3) is 0 Å². The first kappa shape index (κ1) is 11.4. The zero-order valence-electron chi connectivity index (χ0n) is 7.77. The summed E-state index contributed by atoms with van der Waals surface area (Å²) in [6.07, 6.45) is 0. The Morgan fingerprint density at radius 3 is 2.43 bits per heavy atom. The molecule has 2 N–H and O–H groups in total. The van der Waals surface area contributed by atoms with E-state index in [1.807, 2.05) is 0 Å². The number of methoxy groups -OCH3 is 1. The van der Waals surface area contributed by atoms with Crippen molar-refractivity contribution in [2.24, 2.45) is 5.73 Å². The van der Waals surface area contributed by atoms with Crippen LogP contribution in [0.1, 0.15) is 18.5 Å². The average Bonchev–Trinajstić information content (AvgIpc) is 2.12. The second kappa shape index (κ2) is 4.23. The van der Waals surface area contributed by atoms with E-state index >= 15 is 0 Å². The molecule has 78 valence electrons. The predicted molar refractivity (Wildman–Crippen MR) is 53.2 cm³/mol. The molecule has 1 aromatic carbocycles. The van der Waals surface area contributed by atoms with Gasteiger partial charge >= 0.3 is 0 Å². The van der Waals surface area contributed by atoms with Crippen LogP contribution in [0.2, 0.25) is 0 Å². The van der Waals surface area contributed by atoms with Gasteiger partial charge in [-0.05, 0) is 28.9 Å². The number of ether oxygens (including phenoxy) is 1. The second-order valence-electron chi connectivity index (χ2n) is 2.90. The van der Waals surface area contributed by atoms with Gasteiger partial charge in [0.2, 0.25) is 0 Å². The number of hydrogen-bond donors (Lipinski definition) is 1. The van der Waals surface area contributed by atoms with Crippen molar-refractivity contribution < 1.29 is 13.5 Å². The van der Waals surface area contributed by atoms with Crippen molar-refractivity contribution in [3.05, 3.63) is 27.7 Å². The third-order valence-electron chi connectivity index (χ3n) is 1.84. The lowest BCUT2D eigenvalue weighted by molar-refractivity contribution is 0.355. The zero-order chi connectivity index (χ0) is 10.9. The number of nitrogens with two attached hydrogens (primary N) is 1. The second-order valence-corrected chi connectivity index (χ2v) is 3.75. The lowest BCUT2D eigenvalue weighted by Crippen LogP contribution is -2.09. The minimum Gasteiger partial charge on any atom is -0.491 e. The molecule has 0 spiro atoms. The molecule has 0 saturated heterocycles. The molecule has 14 heavy (non-hydrogen) atoms. The average molecular weight is 266 g/mol. The summed E-state index contributed by atoms with van der Waals surface area (Å²) in [6.45, 7) is 1.61. The van der Waals surface area contributed by atoms with Crippen molar-refractivity contribution in [1.82, 2.24) is 0 Å². The Morgan fingerprint density at radius 1 is 1.43 bits per heavy atom. The summed E-state index contributed by atoms with van der Waals surface area (Å²) in [7, 11) is 1.21. The molecule has 0 aliphatic carbocycles. The molecule has 1 atom stereocenters. The predicted octanol–water partition coefficient (Wildman–Crippen LogP) is 2.76. The SMILES string of the molecule is COc1c(F)c(Br)cc(C(C)N)c1F. The van der Waals surface area contributed by atoms with Crippen molar-refractivity contribution in [1.29, 1.82) is 0 Å². The van der Waals surface area contributed by atoms with Crippen molar-refractivity contribution in [2.45, 2.75) is 13.0 Å². The fraction of sp³-hybridized carbons (Fsp3) is 0.333. The van der Waals surface area contributed by atoms with Gasteiger partial charge in [0.25, 0.3) is 0 Å². The molecule has 0 aromatic heterocycles. The summed E-state index contributed by atoms with van der Waals surface area (Å²) in [6, 6.07) is 0.804. The van der Waals surface area contributed by atoms with E-state index in [2.05, 4.69) is 20.7 Å². The van der Waals surface area contributed by atoms with Crippen LogP contribution in [-0.2, 0) is 0 Å². The molecule has 0 bridgehead atoms. The number of benzene rings is 1. The maximum atomic E-state index is 13.5. The maximum absolute atomic E-state index is 13.5. The van der Waals surface area contributed by atoms with Gasteiger partial charge in [0.1, 0.15) is 0 Å². The molecule has 0 heterocycles. The van der Waals surface area contributed by atoms with Gasteiger partial charge < -0.3 is 10.5 Å². The highest BCUT2D eigenvalue weighted by Gasteiger charge is 2.19. The first-order valence-electron chi connectivity index (χ1n) is 3.96. The monoisotopic (exact) mass is 265 g/mol. The minimum absolute atomic E-state index is 0.142. The third kappa shape index (κ3) is 1.88. The van der Waals surface area contributed by atoms with E-state index in [4.69, 9.17) is 5.73 Å². The molecule has 2 nitrogen and oxygen atoms in total. The fourth-order valence-electron chi connectivity index (χ4n) is 1.11. The lowest BCUT2D eigenvalue weighted by atomic mass is 10.1. The quantitative estimate of drug-likeness (QED) is 0.835. The lowest BCUT2D eigenvalue weighted by Gasteiger charge is -2.12. The third-order valence-corrected chi connectivity index (χ3v) is 2.42. The van der Waals surface area contributed by atoms with E-state index in [0.717, 1.165) is 0 Å². The molecule has 5 heteroatoms. The summed E-state index contributed by atoms with van der Waals surface area (Å²) in [5, 5.41) is 0. The highest BCUT2D eigenvalue weighted by Crippen LogP contribution is 2.32. The van der Waals surface area contributed by atoms with E-state index in [1.54, 1.807) is 6.92 Å². The van der Waals surface area contributed by atoms with Crippen molar-refractivity contribution in [2.75, 3.05) is 7.11 Å². The normalized spacial score (nSPS) is 12.7. The first-order valence-corrected chi connectivity index (χ1v) is 4.75. The Bertz CT molecular complexity index is 355. The summed E-state index contributed by atoms with van der Waals surface area (Å²) in [5.74, 6) is -1.91. The van der Waals surface area contributed by atoms with E-state index in [9.17, 15) is 8.78 Å². The van der Waals surface area contributed by atoms with Crippen molar-refractivity contribution in [3.63, 3.8) is 0 Å². The van der Waals surface area contributed by atoms with Crippen LogP contribution in [0.5, 0.6) is 5.75 Å². The summed E-state index contributed by atoms with van der Waals surface area (Å²) in [4.78, 5) is 0. The van der Waals surface area contributed by atoms with Gasteiger partial charge in [-0.15, -0.1) is 0 Å². The van der Waals surface area contributed by atoms with Gasteiger partial charge in [0.05, 0.1) is 11.6 Å². The van der Waals surface area contributed by atoms with Gasteiger partial charge in [0, 0.05) is 11.6 Å². The summed E-state index contributed by atoms with van der Waals surface area (Å²) in [5.41, 5.74) is 5.74. The smallest absolute Gasteiger partial charge is 0.191 e. The van der Waals surface area contributed by atoms with E-state index in [1.165, 1.54) is 13.2 Å². The largest absolute Gasteiger partial charge is 0.491 e. The molecule has 0 aliphatic heterocycles. The molecule has 1 unspecified atom stereocenters. The van der Waals surface area contributed by atoms with Crippen LogP contribution in [0, 0.1) is 11.6 Å². The molecule has 0 saturated carbocycles. The minimum atomic E-state index is -0.755. The first-order chi connectivity index (χ1) is 6.49. The van der Waals surface area contributed by atoms with Crippen LogP contribution in [0.4, 0.5) is 8.78 Å². The summed E-state index contributed by atoms with van der Waals surface area (Å²) >= 11 is 2.96. The van der Waals surface area contributed by atoms with E-state index < -0.39 is 23.4 Å². The Balaban J connectivity index is 3.42. The molecule has 1 aromatic rings. The van der Waals surface area contributed by atoms with Crippen molar-refractivity contribution >= 4 is 15.9 Å². The number of halogens is 3. The molecule has 1 rings (SSSR count). The highest BCUT2D eigenvalue weighted by molar-refractivity contribution is 9.10. The molecule has 0 amide bonds. The van der Waals surface area contributed by atoms with Crippen LogP contribution in [-0.4, -0.2) is 7.11 Å². The standard InChI is InChI=1S/C9H10BrF2NO/c1-4(13)5-3-6(10)8(12)9(14-2)7(5)11/h3-4H,13H2,1-2H3. The molecule has 0 fully saturated rings. The fourth-order valence-corrected chi connectivity index (χ4v) is 1.54. The van der Waals surface area contributed by atoms with Crippen LogP contribution < -0.4 is 10.5 Å². The van der Waals surface area contributed by atoms with E-state index in [-0.39, 0.29) is 10.0 Å². The Morgan fingerprint density at radius 2 is 2.00 bits per heavy atom. The Labute approximate surface area is 89.2 Å². The van der Waals surface area contributed by atoms with Crippen LogP contribution >= 0.6 is 15.9 Å². The number of rotatable bonds is 2. The highest BCUT2D eigenvalue weighted by atomic mass is 79.9. The van der Waals surface area contributed by atoms with Crippen LogP contribution in [0.3, 0.4) is 0 Å². The van der Waals surface area contributed by atoms with Gasteiger partial charge in [-0.3, -0.25) is 0 Å². The Kier molecular flexibility index (Phi) is 3.44. The molecule has 0 aliphatic rings. The Hall–Kier alpha value is -0.680. The molecular formula is C9H10BrF2NO. The molecular weight excluding hydrogens is 256 g/mol. The zero-order valence-corrected chi connectivity index (χ0v) is 9.36. The van der Waals surface area contributed by atoms with Gasteiger partial charge in [-0.1, -0.05) is 0 Å². The number of hydrogen-bond acceptors (Lipinski definition) is 2. The van der Waals surface area contributed by atoms with E-state index in [0.29, 0.717) is 0 Å². The molecule has 0 radical (unpaired) electrons. The summed E-state index contributed by atoms with van der Waals surface area (Å²) < 4.78 is 31.5. The van der Waals surface area contributed by atoms with Gasteiger partial charge in [0.15, 0.2) is 17.4 Å². The topological polar surface area (TPSA) is 35.2 Å². The van der Waals surface area contributed by atoms with Gasteiger partial charge in [-0.25, -0.2) is 8.78 Å². The van der Waals surface area contributed by atoms with Gasteiger partial charge in [-0.2, -0.15) is 0 Å². The van der Waals surface area contributed by atoms with Crippen LogP contribution in [0.15, 0.2) is 10.5 Å². The maximum Gasteiger partial charge on any atom is 0.191 e.